The molecular formula is C18H34N2O3. The molecule has 1 amide bonds. The van der Waals surface area contributed by atoms with Crippen LogP contribution in [0.4, 0.5) is 4.79 Å². The minimum absolute atomic E-state index is 0.311. The number of hydrogen-bond donors (Lipinski definition) is 2. The summed E-state index contributed by atoms with van der Waals surface area (Å²) in [6, 6.07) is 0.719. The lowest BCUT2D eigenvalue weighted by Crippen LogP contribution is -2.51. The highest BCUT2D eigenvalue weighted by Crippen LogP contribution is 2.34. The van der Waals surface area contributed by atoms with E-state index in [-0.39, 0.29) is 6.09 Å². The molecule has 5 heteroatoms. The van der Waals surface area contributed by atoms with E-state index in [1.54, 1.807) is 7.11 Å². The smallest absolute Gasteiger partial charge is 0.407 e. The standard InChI is InChI=1S/C18H34N2O3/c1-18(2,3)23-17(21)19-11-15(13-7-5-6-8-13)20-16(12-22-4)14-9-10-14/h13-16,20H,5-12H2,1-4H3,(H,19,21). The van der Waals surface area contributed by atoms with Gasteiger partial charge in [0.2, 0.25) is 0 Å². The Kier molecular flexibility index (Phi) is 6.72. The number of alkyl carbamates (subject to hydrolysis) is 1. The van der Waals surface area contributed by atoms with E-state index in [0.29, 0.717) is 24.5 Å². The van der Waals surface area contributed by atoms with E-state index < -0.39 is 5.60 Å². The maximum absolute atomic E-state index is 11.9. The van der Waals surface area contributed by atoms with Crippen LogP contribution in [0, 0.1) is 11.8 Å². The summed E-state index contributed by atoms with van der Waals surface area (Å²) in [6.45, 7) is 7.05. The average Bonchev–Trinajstić information content (AvgIpc) is 3.15. The normalized spacial score (nSPS) is 21.9. The van der Waals surface area contributed by atoms with Crippen LogP contribution in [0.3, 0.4) is 0 Å². The maximum Gasteiger partial charge on any atom is 0.407 e. The van der Waals surface area contributed by atoms with Crippen LogP contribution < -0.4 is 10.6 Å². The minimum atomic E-state index is -0.451. The van der Waals surface area contributed by atoms with Gasteiger partial charge >= 0.3 is 6.09 Å². The zero-order valence-corrected chi connectivity index (χ0v) is 15.2. The summed E-state index contributed by atoms with van der Waals surface area (Å²) in [5.74, 6) is 1.38. The average molecular weight is 326 g/mol. The van der Waals surface area contributed by atoms with Crippen LogP contribution in [0.5, 0.6) is 0 Å². The Morgan fingerprint density at radius 1 is 1.09 bits per heavy atom. The molecule has 0 aromatic heterocycles. The van der Waals surface area contributed by atoms with Crippen molar-refractivity contribution >= 4 is 6.09 Å². The highest BCUT2D eigenvalue weighted by molar-refractivity contribution is 5.67. The summed E-state index contributed by atoms with van der Waals surface area (Å²) in [7, 11) is 1.76. The molecule has 2 unspecified atom stereocenters. The molecule has 2 N–H and O–H groups in total. The Hall–Kier alpha value is -0.810. The predicted molar refractivity (Wildman–Crippen MR) is 91.5 cm³/mol. The third-order valence-corrected chi connectivity index (χ3v) is 4.80. The monoisotopic (exact) mass is 326 g/mol. The number of ether oxygens (including phenoxy) is 2. The fourth-order valence-corrected chi connectivity index (χ4v) is 3.50. The third-order valence-electron chi connectivity index (χ3n) is 4.80. The number of nitrogens with one attached hydrogen (secondary N) is 2. The van der Waals surface area contributed by atoms with Gasteiger partial charge in [-0.15, -0.1) is 0 Å². The van der Waals surface area contributed by atoms with E-state index in [0.717, 1.165) is 12.5 Å². The van der Waals surface area contributed by atoms with Gasteiger partial charge in [0.25, 0.3) is 0 Å². The lowest BCUT2D eigenvalue weighted by molar-refractivity contribution is 0.0514. The molecule has 2 aliphatic carbocycles. The number of carbonyl (C=O) groups excluding carboxylic acids is 1. The van der Waals surface area contributed by atoms with Crippen molar-refractivity contribution in [2.45, 2.75) is 77.0 Å². The van der Waals surface area contributed by atoms with Gasteiger partial charge in [-0.3, -0.25) is 0 Å². The van der Waals surface area contributed by atoms with Gasteiger partial charge < -0.3 is 20.1 Å². The van der Waals surface area contributed by atoms with Crippen molar-refractivity contribution in [3.8, 4) is 0 Å². The Morgan fingerprint density at radius 3 is 2.22 bits per heavy atom. The molecule has 134 valence electrons. The molecule has 2 fully saturated rings. The first-order valence-corrected chi connectivity index (χ1v) is 9.11. The predicted octanol–water partition coefficient (Wildman–Crippen LogP) is 3.08. The zero-order chi connectivity index (χ0) is 16.9. The molecule has 5 nitrogen and oxygen atoms in total. The van der Waals surface area contributed by atoms with Gasteiger partial charge in [0, 0.05) is 25.7 Å². The summed E-state index contributed by atoms with van der Waals surface area (Å²) in [4.78, 5) is 11.9. The van der Waals surface area contributed by atoms with Crippen LogP contribution in [0.25, 0.3) is 0 Å². The molecule has 2 atom stereocenters. The van der Waals surface area contributed by atoms with Gasteiger partial charge in [-0.25, -0.2) is 4.79 Å². The van der Waals surface area contributed by atoms with Crippen LogP contribution in [0.1, 0.15) is 59.3 Å². The van der Waals surface area contributed by atoms with E-state index in [9.17, 15) is 4.79 Å². The van der Waals surface area contributed by atoms with Crippen molar-refractivity contribution in [1.29, 1.82) is 0 Å². The van der Waals surface area contributed by atoms with Crippen LogP contribution >= 0.6 is 0 Å². The van der Waals surface area contributed by atoms with Crippen LogP contribution in [-0.2, 0) is 9.47 Å². The first-order chi connectivity index (χ1) is 10.9. The van der Waals surface area contributed by atoms with Crippen molar-refractivity contribution in [1.82, 2.24) is 10.6 Å². The topological polar surface area (TPSA) is 59.6 Å². The Labute approximate surface area is 140 Å². The SMILES string of the molecule is COCC(NC(CNC(=O)OC(C)(C)C)C1CCCC1)C1CC1. The number of hydrogen-bond acceptors (Lipinski definition) is 4. The molecule has 0 spiro atoms. The Morgan fingerprint density at radius 2 is 1.70 bits per heavy atom. The molecule has 0 heterocycles. The van der Waals surface area contributed by atoms with Gasteiger partial charge in [0.1, 0.15) is 5.60 Å². The van der Waals surface area contributed by atoms with E-state index >= 15 is 0 Å². The zero-order valence-electron chi connectivity index (χ0n) is 15.2. The fourth-order valence-electron chi connectivity index (χ4n) is 3.50. The summed E-state index contributed by atoms with van der Waals surface area (Å²) in [5, 5.41) is 6.74. The first-order valence-electron chi connectivity index (χ1n) is 9.11. The lowest BCUT2D eigenvalue weighted by atomic mass is 9.96. The largest absolute Gasteiger partial charge is 0.444 e. The highest BCUT2D eigenvalue weighted by Gasteiger charge is 2.35. The highest BCUT2D eigenvalue weighted by atomic mass is 16.6. The molecule has 0 aliphatic heterocycles. The molecule has 0 saturated heterocycles. The second kappa shape index (κ2) is 8.34. The van der Waals surface area contributed by atoms with Crippen molar-refractivity contribution in [2.75, 3.05) is 20.3 Å². The number of methoxy groups -OCH3 is 1. The molecule has 0 bridgehead atoms. The Bertz CT molecular complexity index is 371. The van der Waals surface area contributed by atoms with E-state index in [1.807, 2.05) is 20.8 Å². The van der Waals surface area contributed by atoms with Crippen molar-refractivity contribution in [3.63, 3.8) is 0 Å². The molecule has 23 heavy (non-hydrogen) atoms. The minimum Gasteiger partial charge on any atom is -0.444 e. The first kappa shape index (κ1) is 18.5. The maximum atomic E-state index is 11.9. The van der Waals surface area contributed by atoms with Gasteiger partial charge in [-0.2, -0.15) is 0 Å². The van der Waals surface area contributed by atoms with Gasteiger partial charge in [-0.1, -0.05) is 12.8 Å². The third kappa shape index (κ3) is 6.68. The molecular weight excluding hydrogens is 292 g/mol. The van der Waals surface area contributed by atoms with Gasteiger partial charge in [0.15, 0.2) is 0 Å². The summed E-state index contributed by atoms with van der Waals surface area (Å²) in [5.41, 5.74) is -0.451. The summed E-state index contributed by atoms with van der Waals surface area (Å²) >= 11 is 0. The number of amides is 1. The van der Waals surface area contributed by atoms with Gasteiger partial charge in [0.05, 0.1) is 6.61 Å². The lowest BCUT2D eigenvalue weighted by Gasteiger charge is -2.30. The van der Waals surface area contributed by atoms with Crippen molar-refractivity contribution in [2.24, 2.45) is 11.8 Å². The number of carbonyl (C=O) groups is 1. The quantitative estimate of drug-likeness (QED) is 0.719. The van der Waals surface area contributed by atoms with E-state index in [4.69, 9.17) is 9.47 Å². The van der Waals surface area contributed by atoms with E-state index in [2.05, 4.69) is 10.6 Å². The van der Waals surface area contributed by atoms with Crippen LogP contribution in [0.2, 0.25) is 0 Å². The number of rotatable bonds is 8. The van der Waals surface area contributed by atoms with Crippen molar-refractivity contribution in [3.05, 3.63) is 0 Å². The summed E-state index contributed by atoms with van der Waals surface area (Å²) < 4.78 is 10.7. The molecule has 0 radical (unpaired) electrons. The Balaban J connectivity index is 1.87. The fraction of sp³-hybridized carbons (Fsp3) is 0.944. The van der Waals surface area contributed by atoms with E-state index in [1.165, 1.54) is 38.5 Å². The molecule has 0 aromatic rings. The molecule has 2 saturated carbocycles. The molecule has 2 aliphatic rings. The van der Waals surface area contributed by atoms with Crippen molar-refractivity contribution < 1.29 is 14.3 Å². The van der Waals surface area contributed by atoms with Crippen LogP contribution in [0.15, 0.2) is 0 Å². The summed E-state index contributed by atoms with van der Waals surface area (Å²) in [6.07, 6.45) is 7.35. The van der Waals surface area contributed by atoms with Crippen LogP contribution in [-0.4, -0.2) is 44.0 Å². The second-order valence-electron chi connectivity index (χ2n) is 8.10. The van der Waals surface area contributed by atoms with Gasteiger partial charge in [-0.05, 0) is 58.3 Å². The molecule has 0 aromatic carbocycles. The second-order valence-corrected chi connectivity index (χ2v) is 8.10. The molecule has 2 rings (SSSR count).